The summed E-state index contributed by atoms with van der Waals surface area (Å²) in [4.78, 5) is 0. The van der Waals surface area contributed by atoms with Gasteiger partial charge in [0.2, 0.25) is 0 Å². The van der Waals surface area contributed by atoms with Gasteiger partial charge < -0.3 is 0 Å². The zero-order valence-electron chi connectivity index (χ0n) is 9.46. The molecule has 0 spiro atoms. The highest BCUT2D eigenvalue weighted by Gasteiger charge is 2.07. The zero-order chi connectivity index (χ0) is 10.7. The molecule has 0 bridgehead atoms. The van der Waals surface area contributed by atoms with Crippen molar-refractivity contribution in [3.05, 3.63) is 34.9 Å². The lowest BCUT2D eigenvalue weighted by molar-refractivity contribution is 0.842. The van der Waals surface area contributed by atoms with Crippen LogP contribution in [0.15, 0.2) is 18.2 Å². The van der Waals surface area contributed by atoms with E-state index >= 15 is 0 Å². The fourth-order valence-corrected chi connectivity index (χ4v) is 1.56. The molecule has 0 fully saturated rings. The molecular formula is C14H18. The van der Waals surface area contributed by atoms with E-state index in [-0.39, 0.29) is 0 Å². The first-order valence-corrected chi connectivity index (χ1v) is 5.16. The van der Waals surface area contributed by atoms with Crippen molar-refractivity contribution in [2.45, 2.75) is 39.5 Å². The van der Waals surface area contributed by atoms with Crippen LogP contribution in [0.1, 0.15) is 56.2 Å². The molecular weight excluding hydrogens is 168 g/mol. The minimum absolute atomic E-state index is 0.502. The molecule has 0 atom stereocenters. The molecule has 0 nitrogen and oxygen atoms in total. The van der Waals surface area contributed by atoms with Crippen LogP contribution in [0.4, 0.5) is 0 Å². The molecule has 0 unspecified atom stereocenters. The highest BCUT2D eigenvalue weighted by atomic mass is 14.1. The van der Waals surface area contributed by atoms with Crippen molar-refractivity contribution in [1.29, 1.82) is 0 Å². The van der Waals surface area contributed by atoms with Crippen LogP contribution < -0.4 is 0 Å². The number of hydrogen-bond acceptors (Lipinski definition) is 0. The van der Waals surface area contributed by atoms with E-state index in [1.165, 1.54) is 11.1 Å². The Labute approximate surface area is 87.4 Å². The molecule has 0 N–H and O–H groups in total. The number of hydrogen-bond donors (Lipinski definition) is 0. The van der Waals surface area contributed by atoms with Crippen LogP contribution >= 0.6 is 0 Å². The van der Waals surface area contributed by atoms with E-state index in [9.17, 15) is 0 Å². The monoisotopic (exact) mass is 186 g/mol. The lowest BCUT2D eigenvalue weighted by atomic mass is 9.92. The summed E-state index contributed by atoms with van der Waals surface area (Å²) in [6, 6.07) is 6.48. The number of rotatable bonds is 2. The second kappa shape index (κ2) is 4.33. The molecule has 0 heterocycles. The molecule has 0 saturated heterocycles. The third-order valence-electron chi connectivity index (χ3n) is 2.52. The van der Waals surface area contributed by atoms with Crippen molar-refractivity contribution in [1.82, 2.24) is 0 Å². The Bertz CT molecular complexity index is 351. The van der Waals surface area contributed by atoms with Gasteiger partial charge in [-0.2, -0.15) is 0 Å². The predicted octanol–water partition coefficient (Wildman–Crippen LogP) is 3.91. The number of terminal acetylenes is 1. The standard InChI is InChI=1S/C14H18/c1-6-12-9-13(10(2)3)7-8-14(12)11(4)5/h1,7-11H,2-5H3. The zero-order valence-corrected chi connectivity index (χ0v) is 9.46. The highest BCUT2D eigenvalue weighted by Crippen LogP contribution is 2.23. The van der Waals surface area contributed by atoms with Crippen LogP contribution in [0.2, 0.25) is 0 Å². The Morgan fingerprint density at radius 1 is 1.07 bits per heavy atom. The van der Waals surface area contributed by atoms with Crippen LogP contribution in [-0.2, 0) is 0 Å². The summed E-state index contributed by atoms with van der Waals surface area (Å²) in [5, 5.41) is 0. The third kappa shape index (κ3) is 2.17. The minimum atomic E-state index is 0.502. The first-order chi connectivity index (χ1) is 6.56. The molecule has 0 heteroatoms. The second-order valence-corrected chi connectivity index (χ2v) is 4.30. The van der Waals surface area contributed by atoms with Crippen LogP contribution in [0.5, 0.6) is 0 Å². The summed E-state index contributed by atoms with van der Waals surface area (Å²) in [5.74, 6) is 3.82. The molecule has 1 rings (SSSR count). The van der Waals surface area contributed by atoms with Crippen LogP contribution in [-0.4, -0.2) is 0 Å². The molecule has 0 saturated carbocycles. The average molecular weight is 186 g/mol. The molecule has 0 radical (unpaired) electrons. The summed E-state index contributed by atoms with van der Waals surface area (Å²) in [7, 11) is 0. The molecule has 0 aliphatic rings. The lowest BCUT2D eigenvalue weighted by Gasteiger charge is -2.12. The third-order valence-corrected chi connectivity index (χ3v) is 2.52. The van der Waals surface area contributed by atoms with E-state index in [4.69, 9.17) is 6.42 Å². The van der Waals surface area contributed by atoms with Gasteiger partial charge in [-0.15, -0.1) is 6.42 Å². The Balaban J connectivity index is 3.20. The van der Waals surface area contributed by atoms with Gasteiger partial charge in [0, 0.05) is 5.56 Å². The van der Waals surface area contributed by atoms with Crippen molar-refractivity contribution in [2.75, 3.05) is 0 Å². The molecule has 1 aromatic carbocycles. The fourth-order valence-electron chi connectivity index (χ4n) is 1.56. The highest BCUT2D eigenvalue weighted by molar-refractivity contribution is 5.44. The van der Waals surface area contributed by atoms with E-state index in [0.29, 0.717) is 11.8 Å². The van der Waals surface area contributed by atoms with Gasteiger partial charge in [0.05, 0.1) is 0 Å². The van der Waals surface area contributed by atoms with Crippen LogP contribution in [0.25, 0.3) is 0 Å². The Morgan fingerprint density at radius 3 is 2.14 bits per heavy atom. The van der Waals surface area contributed by atoms with E-state index in [0.717, 1.165) is 5.56 Å². The van der Waals surface area contributed by atoms with Gasteiger partial charge >= 0.3 is 0 Å². The smallest absolute Gasteiger partial charge is 0.0280 e. The lowest BCUT2D eigenvalue weighted by Crippen LogP contribution is -1.96. The van der Waals surface area contributed by atoms with Crippen molar-refractivity contribution in [3.63, 3.8) is 0 Å². The maximum atomic E-state index is 5.51. The first-order valence-electron chi connectivity index (χ1n) is 5.16. The summed E-state index contributed by atoms with van der Waals surface area (Å²) < 4.78 is 0. The molecule has 0 aliphatic carbocycles. The Morgan fingerprint density at radius 2 is 1.71 bits per heavy atom. The quantitative estimate of drug-likeness (QED) is 0.614. The normalized spacial score (nSPS) is 10.6. The molecule has 0 amide bonds. The molecule has 1 aromatic rings. The fraction of sp³-hybridized carbons (Fsp3) is 0.429. The number of benzene rings is 1. The van der Waals surface area contributed by atoms with Gasteiger partial charge in [-0.25, -0.2) is 0 Å². The topological polar surface area (TPSA) is 0 Å². The van der Waals surface area contributed by atoms with Gasteiger partial charge in [0.15, 0.2) is 0 Å². The molecule has 0 aliphatic heterocycles. The maximum Gasteiger partial charge on any atom is 0.0280 e. The van der Waals surface area contributed by atoms with Crippen molar-refractivity contribution < 1.29 is 0 Å². The van der Waals surface area contributed by atoms with Crippen LogP contribution in [0.3, 0.4) is 0 Å². The van der Waals surface area contributed by atoms with E-state index in [2.05, 4.69) is 51.8 Å². The molecule has 74 valence electrons. The summed E-state index contributed by atoms with van der Waals surface area (Å²) in [6.07, 6.45) is 5.51. The maximum absolute atomic E-state index is 5.51. The first kappa shape index (κ1) is 10.9. The SMILES string of the molecule is C#Cc1cc(C(C)C)ccc1C(C)C. The van der Waals surface area contributed by atoms with Crippen molar-refractivity contribution >= 4 is 0 Å². The van der Waals surface area contributed by atoms with E-state index in [1.54, 1.807) is 0 Å². The second-order valence-electron chi connectivity index (χ2n) is 4.30. The minimum Gasteiger partial charge on any atom is -0.115 e. The summed E-state index contributed by atoms with van der Waals surface area (Å²) >= 11 is 0. The van der Waals surface area contributed by atoms with Gasteiger partial charge in [0.25, 0.3) is 0 Å². The van der Waals surface area contributed by atoms with E-state index in [1.807, 2.05) is 0 Å². The molecule has 14 heavy (non-hydrogen) atoms. The van der Waals surface area contributed by atoms with Crippen LogP contribution in [0, 0.1) is 12.3 Å². The van der Waals surface area contributed by atoms with Crippen molar-refractivity contribution in [2.24, 2.45) is 0 Å². The Hall–Kier alpha value is -1.22. The van der Waals surface area contributed by atoms with Gasteiger partial charge in [0.1, 0.15) is 0 Å². The largest absolute Gasteiger partial charge is 0.115 e. The van der Waals surface area contributed by atoms with Gasteiger partial charge in [-0.3, -0.25) is 0 Å². The molecule has 0 aromatic heterocycles. The predicted molar refractivity (Wildman–Crippen MR) is 62.6 cm³/mol. The van der Waals surface area contributed by atoms with Gasteiger partial charge in [-0.1, -0.05) is 45.7 Å². The van der Waals surface area contributed by atoms with Gasteiger partial charge in [-0.05, 0) is 29.0 Å². The van der Waals surface area contributed by atoms with Crippen molar-refractivity contribution in [3.8, 4) is 12.3 Å². The van der Waals surface area contributed by atoms with E-state index < -0.39 is 0 Å². The summed E-state index contributed by atoms with van der Waals surface area (Å²) in [6.45, 7) is 8.71. The average Bonchev–Trinajstić information content (AvgIpc) is 2.16. The summed E-state index contributed by atoms with van der Waals surface area (Å²) in [5.41, 5.74) is 3.64. The Kier molecular flexibility index (Phi) is 3.36.